The Balaban J connectivity index is -0.0000000724. The van der Waals surface area contributed by atoms with Crippen LogP contribution in [0.25, 0.3) is 0 Å². The normalized spacial score (nSPS) is 12.2. The molecule has 0 saturated heterocycles. The van der Waals surface area contributed by atoms with Gasteiger partial charge in [0.25, 0.3) is 0 Å². The second-order valence-corrected chi connectivity index (χ2v) is 18.3. The van der Waals surface area contributed by atoms with E-state index in [0.717, 1.165) is 0 Å². The monoisotopic (exact) mass is 547 g/mol. The van der Waals surface area contributed by atoms with Crippen molar-refractivity contribution in [2.24, 2.45) is 32.5 Å². The average molecular weight is 547 g/mol. The van der Waals surface area contributed by atoms with Gasteiger partial charge >= 0.3 is 0 Å². The molecular formula is C38H90. The summed E-state index contributed by atoms with van der Waals surface area (Å²) in [5, 5.41) is 0. The van der Waals surface area contributed by atoms with Gasteiger partial charge in [-0.3, -0.25) is 0 Å². The van der Waals surface area contributed by atoms with Crippen molar-refractivity contribution in [1.29, 1.82) is 0 Å². The van der Waals surface area contributed by atoms with Crippen LogP contribution in [-0.2, 0) is 0 Å². The zero-order chi connectivity index (χ0) is 28.1. The fourth-order valence-electron chi connectivity index (χ4n) is 3.37. The molecule has 0 aliphatic carbocycles. The van der Waals surface area contributed by atoms with Crippen LogP contribution in [0.5, 0.6) is 0 Å². The Labute approximate surface area is 250 Å². The summed E-state index contributed by atoms with van der Waals surface area (Å²) in [6, 6.07) is 0. The van der Waals surface area contributed by atoms with Crippen molar-refractivity contribution in [3.63, 3.8) is 0 Å². The van der Waals surface area contributed by atoms with Crippen LogP contribution in [0.2, 0.25) is 0 Å². The Hall–Kier alpha value is 0. The van der Waals surface area contributed by atoms with Crippen molar-refractivity contribution >= 4 is 0 Å². The van der Waals surface area contributed by atoms with Crippen LogP contribution in [0.15, 0.2) is 0 Å². The van der Waals surface area contributed by atoms with Crippen LogP contribution < -0.4 is 0 Å². The highest BCUT2D eigenvalue weighted by molar-refractivity contribution is 4.68. The first-order chi connectivity index (χ1) is 14.6. The summed E-state index contributed by atoms with van der Waals surface area (Å²) >= 11 is 0. The molecule has 0 heterocycles. The van der Waals surface area contributed by atoms with Crippen molar-refractivity contribution in [2.75, 3.05) is 0 Å². The number of hydrogen-bond donors (Lipinski definition) is 0. The van der Waals surface area contributed by atoms with Crippen molar-refractivity contribution in [1.82, 2.24) is 0 Å². The van der Waals surface area contributed by atoms with Crippen molar-refractivity contribution in [2.45, 2.75) is 219 Å². The minimum Gasteiger partial charge on any atom is -0.0776 e. The summed E-state index contributed by atoms with van der Waals surface area (Å²) < 4.78 is 0. The van der Waals surface area contributed by atoms with Gasteiger partial charge in [-0.1, -0.05) is 180 Å². The molecule has 0 amide bonds. The summed E-state index contributed by atoms with van der Waals surface area (Å²) in [6.07, 6.45) is 13.7. The van der Waals surface area contributed by atoms with E-state index in [4.69, 9.17) is 0 Å². The Kier molecular flexibility index (Phi) is 32.3. The highest BCUT2D eigenvalue weighted by atomic mass is 14.2. The van der Waals surface area contributed by atoms with E-state index in [0.29, 0.717) is 32.5 Å². The van der Waals surface area contributed by atoms with E-state index in [1.165, 1.54) is 64.2 Å². The highest BCUT2D eigenvalue weighted by Crippen LogP contribution is 2.30. The van der Waals surface area contributed by atoms with Crippen LogP contribution >= 0.6 is 0 Å². The maximum Gasteiger partial charge on any atom is -0.0382 e. The van der Waals surface area contributed by atoms with E-state index in [2.05, 4.69) is 125 Å². The van der Waals surface area contributed by atoms with Gasteiger partial charge in [0.1, 0.15) is 0 Å². The molecule has 0 spiro atoms. The minimum absolute atomic E-state index is 0. The maximum atomic E-state index is 2.32. The Morgan fingerprint density at radius 2 is 0.316 bits per heavy atom. The number of hydrogen-bond acceptors (Lipinski definition) is 0. The summed E-state index contributed by atoms with van der Waals surface area (Å²) in [4.78, 5) is 0. The molecule has 0 aromatic rings. The molecule has 38 heavy (non-hydrogen) atoms. The molecule has 0 aliphatic heterocycles. The topological polar surface area (TPSA) is 0 Å². The molecule has 0 saturated carbocycles. The molecule has 0 aromatic carbocycles. The van der Waals surface area contributed by atoms with Gasteiger partial charge in [0, 0.05) is 0 Å². The molecule has 0 fully saturated rings. The summed E-state index contributed by atoms with van der Waals surface area (Å²) in [5.41, 5.74) is 3.12. The Morgan fingerprint density at radius 3 is 0.395 bits per heavy atom. The van der Waals surface area contributed by atoms with Crippen molar-refractivity contribution in [3.05, 3.63) is 0 Å². The van der Waals surface area contributed by atoms with Crippen molar-refractivity contribution in [3.8, 4) is 0 Å². The standard InChI is InChI=1S/2C12H26.C10H22.4CH4/c2*1-11(2,3)9-7-8-10-12(4,5)6;1-9(2,3)7-8-10(4,5)6;;;;/h2*7-10H2,1-6H3;7-8H2,1-6H3;4*1H4. The van der Waals surface area contributed by atoms with E-state index in [1.807, 2.05) is 0 Å². The third-order valence-corrected chi connectivity index (χ3v) is 5.83. The van der Waals surface area contributed by atoms with E-state index in [-0.39, 0.29) is 29.7 Å². The fraction of sp³-hybridized carbons (Fsp3) is 1.00. The van der Waals surface area contributed by atoms with Gasteiger partial charge in [-0.15, -0.1) is 0 Å². The molecule has 0 aromatic heterocycles. The van der Waals surface area contributed by atoms with Gasteiger partial charge in [0.2, 0.25) is 0 Å². The first kappa shape index (κ1) is 54.1. The van der Waals surface area contributed by atoms with E-state index < -0.39 is 0 Å². The lowest BCUT2D eigenvalue weighted by atomic mass is 9.81. The van der Waals surface area contributed by atoms with Crippen LogP contribution in [0.4, 0.5) is 0 Å². The first-order valence-corrected chi connectivity index (χ1v) is 14.6. The number of unbranched alkanes of at least 4 members (excludes halogenated alkanes) is 2. The summed E-state index contributed by atoms with van der Waals surface area (Å²) in [6.45, 7) is 41.7. The average Bonchev–Trinajstić information content (AvgIpc) is 2.51. The molecule has 0 heteroatoms. The first-order valence-electron chi connectivity index (χ1n) is 14.6. The van der Waals surface area contributed by atoms with Gasteiger partial charge in [-0.25, -0.2) is 0 Å². The molecule has 0 nitrogen and oxygen atoms in total. The van der Waals surface area contributed by atoms with E-state index in [9.17, 15) is 0 Å². The van der Waals surface area contributed by atoms with E-state index in [1.54, 1.807) is 0 Å². The number of rotatable bonds is 7. The van der Waals surface area contributed by atoms with Crippen molar-refractivity contribution < 1.29 is 0 Å². The predicted octanol–water partition coefficient (Wildman–Crippen LogP) is 15.7. The Bertz CT molecular complexity index is 373. The zero-order valence-corrected chi connectivity index (χ0v) is 28.1. The van der Waals surface area contributed by atoms with Crippen LogP contribution in [-0.4, -0.2) is 0 Å². The highest BCUT2D eigenvalue weighted by Gasteiger charge is 2.16. The molecule has 242 valence electrons. The van der Waals surface area contributed by atoms with Gasteiger partial charge in [-0.2, -0.15) is 0 Å². The maximum absolute atomic E-state index is 2.32. The lowest BCUT2D eigenvalue weighted by molar-refractivity contribution is 0.275. The van der Waals surface area contributed by atoms with Gasteiger partial charge < -0.3 is 0 Å². The summed E-state index contributed by atoms with van der Waals surface area (Å²) in [5.74, 6) is 0. The van der Waals surface area contributed by atoms with Crippen LogP contribution in [0, 0.1) is 32.5 Å². The predicted molar refractivity (Wildman–Crippen MR) is 190 cm³/mol. The second-order valence-electron chi connectivity index (χ2n) is 18.3. The van der Waals surface area contributed by atoms with Crippen LogP contribution in [0.1, 0.15) is 219 Å². The molecule has 0 aliphatic rings. The molecular weight excluding hydrogens is 456 g/mol. The van der Waals surface area contributed by atoms with Gasteiger partial charge in [0.15, 0.2) is 0 Å². The molecule has 0 unspecified atom stereocenters. The largest absolute Gasteiger partial charge is 0.0776 e. The quantitative estimate of drug-likeness (QED) is 0.278. The zero-order valence-electron chi connectivity index (χ0n) is 28.1. The Morgan fingerprint density at radius 1 is 0.211 bits per heavy atom. The third-order valence-electron chi connectivity index (χ3n) is 5.83. The molecule has 0 bridgehead atoms. The smallest absolute Gasteiger partial charge is 0.0382 e. The van der Waals surface area contributed by atoms with Gasteiger partial charge in [0.05, 0.1) is 0 Å². The summed E-state index contributed by atoms with van der Waals surface area (Å²) in [7, 11) is 0. The lowest BCUT2D eigenvalue weighted by Gasteiger charge is -2.24. The molecule has 0 radical (unpaired) electrons. The third kappa shape index (κ3) is 70.6. The van der Waals surface area contributed by atoms with Crippen LogP contribution in [0.3, 0.4) is 0 Å². The van der Waals surface area contributed by atoms with E-state index >= 15 is 0 Å². The van der Waals surface area contributed by atoms with Gasteiger partial charge in [-0.05, 0) is 71.0 Å². The second kappa shape index (κ2) is 22.7. The SMILES string of the molecule is C.C.C.C.CC(C)(C)CCC(C)(C)C.CC(C)(C)CCCCC(C)(C)C.CC(C)(C)CCCCC(C)(C)C. The molecule has 0 N–H and O–H groups in total. The molecule has 0 atom stereocenters. The minimum atomic E-state index is 0. The molecule has 0 rings (SSSR count). The fourth-order valence-corrected chi connectivity index (χ4v) is 3.37. The lowest BCUT2D eigenvalue weighted by Crippen LogP contribution is -2.12.